The lowest BCUT2D eigenvalue weighted by atomic mass is 9.61. The smallest absolute Gasteiger partial charge is 0.0482 e. The lowest BCUT2D eigenvalue weighted by molar-refractivity contribution is -0.324. The predicted octanol–water partition coefficient (Wildman–Crippen LogP) is 2.29. The summed E-state index contributed by atoms with van der Waals surface area (Å²) in [7, 11) is 0. The second-order valence-electron chi connectivity index (χ2n) is 5.74. The molecule has 0 N–H and O–H groups in total. The highest BCUT2D eigenvalue weighted by molar-refractivity contribution is 5.74. The van der Waals surface area contributed by atoms with Gasteiger partial charge >= 0.3 is 0 Å². The standard InChI is InChI=1S/C14H22O2/c1-3-4-7-13(2,12(15)16)14-8-5-11(10-14)6-9-14/h5,8,11H,3-4,6-7,9-10H2,1-2H3,(H,15,16)/p-1. The number of hydrogen-bond acceptors (Lipinski definition) is 2. The van der Waals surface area contributed by atoms with Gasteiger partial charge in [-0.15, -0.1) is 0 Å². The highest BCUT2D eigenvalue weighted by Crippen LogP contribution is 2.60. The summed E-state index contributed by atoms with van der Waals surface area (Å²) >= 11 is 0. The Bertz CT molecular complexity index is 321. The number of carbonyl (C=O) groups excluding carboxylic acids is 1. The lowest BCUT2D eigenvalue weighted by Crippen LogP contribution is -2.50. The molecule has 0 saturated heterocycles. The molecule has 2 nitrogen and oxygen atoms in total. The van der Waals surface area contributed by atoms with Crippen molar-refractivity contribution in [3.05, 3.63) is 12.2 Å². The normalized spacial score (nSPS) is 35.2. The summed E-state index contributed by atoms with van der Waals surface area (Å²) in [5.41, 5.74) is -0.767. The number of allylic oxidation sites excluding steroid dienone is 2. The Morgan fingerprint density at radius 3 is 2.75 bits per heavy atom. The maximum atomic E-state index is 11.6. The SMILES string of the molecule is CCCCC(C)(C(=O)[O-])C12C=CC(CC1)C2. The van der Waals surface area contributed by atoms with E-state index in [1.807, 2.05) is 6.92 Å². The molecule has 2 aliphatic carbocycles. The van der Waals surface area contributed by atoms with Gasteiger partial charge in [-0.3, -0.25) is 0 Å². The summed E-state index contributed by atoms with van der Waals surface area (Å²) < 4.78 is 0. The van der Waals surface area contributed by atoms with Crippen LogP contribution in [-0.2, 0) is 4.79 Å². The van der Waals surface area contributed by atoms with E-state index in [-0.39, 0.29) is 5.41 Å². The number of fused-ring (bicyclic) bond motifs is 2. The molecule has 3 atom stereocenters. The van der Waals surface area contributed by atoms with E-state index < -0.39 is 11.4 Å². The largest absolute Gasteiger partial charge is 0.550 e. The van der Waals surface area contributed by atoms with Crippen LogP contribution in [0, 0.1) is 16.7 Å². The van der Waals surface area contributed by atoms with Crippen LogP contribution < -0.4 is 5.11 Å². The molecule has 0 aromatic carbocycles. The highest BCUT2D eigenvalue weighted by Gasteiger charge is 2.53. The fourth-order valence-corrected chi connectivity index (χ4v) is 3.52. The van der Waals surface area contributed by atoms with E-state index in [4.69, 9.17) is 0 Å². The Labute approximate surface area is 97.7 Å². The zero-order valence-corrected chi connectivity index (χ0v) is 10.3. The first kappa shape index (κ1) is 11.7. The van der Waals surface area contributed by atoms with Crippen molar-refractivity contribution in [2.24, 2.45) is 16.7 Å². The number of carbonyl (C=O) groups is 1. The molecule has 0 aromatic rings. The quantitative estimate of drug-likeness (QED) is 0.668. The maximum absolute atomic E-state index is 11.6. The second-order valence-corrected chi connectivity index (χ2v) is 5.74. The van der Waals surface area contributed by atoms with E-state index in [2.05, 4.69) is 19.1 Å². The highest BCUT2D eigenvalue weighted by atomic mass is 16.4. The summed E-state index contributed by atoms with van der Waals surface area (Å²) in [5, 5.41) is 11.6. The van der Waals surface area contributed by atoms with Crippen LogP contribution in [0.15, 0.2) is 12.2 Å². The molecule has 1 fully saturated rings. The van der Waals surface area contributed by atoms with Crippen molar-refractivity contribution in [2.45, 2.75) is 52.4 Å². The molecule has 0 radical (unpaired) electrons. The first-order chi connectivity index (χ1) is 7.54. The first-order valence-electron chi connectivity index (χ1n) is 6.45. The van der Waals surface area contributed by atoms with Crippen LogP contribution in [0.4, 0.5) is 0 Å². The summed E-state index contributed by atoms with van der Waals surface area (Å²) in [4.78, 5) is 11.6. The Balaban J connectivity index is 2.25. The van der Waals surface area contributed by atoms with Crippen molar-refractivity contribution in [1.29, 1.82) is 0 Å². The van der Waals surface area contributed by atoms with E-state index in [0.29, 0.717) is 5.92 Å². The third-order valence-electron chi connectivity index (χ3n) is 4.85. The number of hydrogen-bond donors (Lipinski definition) is 0. The van der Waals surface area contributed by atoms with Crippen LogP contribution in [0.1, 0.15) is 52.4 Å². The monoisotopic (exact) mass is 221 g/mol. The van der Waals surface area contributed by atoms with Crippen molar-refractivity contribution in [1.82, 2.24) is 0 Å². The van der Waals surface area contributed by atoms with Gasteiger partial charge in [0.05, 0.1) is 0 Å². The number of rotatable bonds is 5. The molecule has 16 heavy (non-hydrogen) atoms. The molecule has 3 unspecified atom stereocenters. The average Bonchev–Trinajstić information content (AvgIpc) is 2.86. The minimum absolute atomic E-state index is 0.105. The Kier molecular flexibility index (Phi) is 2.85. The third-order valence-corrected chi connectivity index (χ3v) is 4.85. The summed E-state index contributed by atoms with van der Waals surface area (Å²) in [5.74, 6) is -0.228. The molecular weight excluding hydrogens is 200 g/mol. The molecule has 2 heteroatoms. The average molecular weight is 221 g/mol. The molecule has 0 spiro atoms. The lowest BCUT2D eigenvalue weighted by Gasteiger charge is -2.45. The molecule has 90 valence electrons. The topological polar surface area (TPSA) is 40.1 Å². The minimum atomic E-state index is -0.854. The van der Waals surface area contributed by atoms with E-state index in [1.54, 1.807) is 0 Å². The predicted molar refractivity (Wildman–Crippen MR) is 61.6 cm³/mol. The van der Waals surface area contributed by atoms with Gasteiger partial charge in [-0.05, 0) is 37.0 Å². The van der Waals surface area contributed by atoms with Gasteiger partial charge in [0.1, 0.15) is 0 Å². The Hall–Kier alpha value is -0.790. The molecule has 2 bridgehead atoms. The molecular formula is C14H21O2-. The Morgan fingerprint density at radius 1 is 1.62 bits per heavy atom. The van der Waals surface area contributed by atoms with Crippen LogP contribution in [0.25, 0.3) is 0 Å². The van der Waals surface area contributed by atoms with Crippen LogP contribution in [-0.4, -0.2) is 5.97 Å². The zero-order valence-electron chi connectivity index (χ0n) is 10.3. The van der Waals surface area contributed by atoms with Gasteiger partial charge in [0, 0.05) is 11.4 Å². The van der Waals surface area contributed by atoms with Crippen molar-refractivity contribution >= 4 is 5.97 Å². The van der Waals surface area contributed by atoms with Crippen LogP contribution >= 0.6 is 0 Å². The van der Waals surface area contributed by atoms with E-state index >= 15 is 0 Å². The van der Waals surface area contributed by atoms with Gasteiger partial charge < -0.3 is 9.90 Å². The van der Waals surface area contributed by atoms with E-state index in [9.17, 15) is 9.90 Å². The molecule has 0 amide bonds. The van der Waals surface area contributed by atoms with Crippen molar-refractivity contribution in [3.63, 3.8) is 0 Å². The molecule has 0 heterocycles. The van der Waals surface area contributed by atoms with Gasteiger partial charge in [0.25, 0.3) is 0 Å². The Morgan fingerprint density at radius 2 is 2.38 bits per heavy atom. The van der Waals surface area contributed by atoms with E-state index in [0.717, 1.165) is 38.5 Å². The zero-order chi connectivity index (χ0) is 11.8. The van der Waals surface area contributed by atoms with Crippen molar-refractivity contribution < 1.29 is 9.90 Å². The molecule has 2 rings (SSSR count). The minimum Gasteiger partial charge on any atom is -0.550 e. The van der Waals surface area contributed by atoms with Gasteiger partial charge in [-0.2, -0.15) is 0 Å². The summed E-state index contributed by atoms with van der Waals surface area (Å²) in [6.07, 6.45) is 10.4. The molecule has 1 saturated carbocycles. The van der Waals surface area contributed by atoms with Gasteiger partial charge in [0.15, 0.2) is 0 Å². The van der Waals surface area contributed by atoms with Gasteiger partial charge in [0.2, 0.25) is 0 Å². The van der Waals surface area contributed by atoms with Crippen molar-refractivity contribution in [3.8, 4) is 0 Å². The fraction of sp³-hybridized carbons (Fsp3) is 0.786. The number of aliphatic carboxylic acids is 1. The van der Waals surface area contributed by atoms with Crippen LogP contribution in [0.5, 0.6) is 0 Å². The van der Waals surface area contributed by atoms with Gasteiger partial charge in [-0.1, -0.05) is 38.8 Å². The number of carboxylic acids is 1. The summed E-state index contributed by atoms with van der Waals surface area (Å²) in [6, 6.07) is 0. The number of carboxylic acid groups (broad SMARTS) is 1. The molecule has 0 aromatic heterocycles. The van der Waals surface area contributed by atoms with Crippen LogP contribution in [0.3, 0.4) is 0 Å². The van der Waals surface area contributed by atoms with Gasteiger partial charge in [-0.25, -0.2) is 0 Å². The molecule has 0 aliphatic heterocycles. The number of unbranched alkanes of at least 4 members (excludes halogenated alkanes) is 1. The molecule has 2 aliphatic rings. The van der Waals surface area contributed by atoms with Crippen molar-refractivity contribution in [2.75, 3.05) is 0 Å². The third kappa shape index (κ3) is 1.50. The second kappa shape index (κ2) is 3.90. The maximum Gasteiger partial charge on any atom is 0.0482 e. The van der Waals surface area contributed by atoms with Crippen LogP contribution in [0.2, 0.25) is 0 Å². The van der Waals surface area contributed by atoms with E-state index in [1.165, 1.54) is 0 Å². The fourth-order valence-electron chi connectivity index (χ4n) is 3.52. The first-order valence-corrected chi connectivity index (χ1v) is 6.45. The summed E-state index contributed by atoms with van der Waals surface area (Å²) in [6.45, 7) is 4.01.